The molecule has 9 heteroatoms. The Labute approximate surface area is 133 Å². The lowest BCUT2D eigenvalue weighted by Gasteiger charge is -2.12. The van der Waals surface area contributed by atoms with Gasteiger partial charge in [0.25, 0.3) is 10.0 Å². The lowest BCUT2D eigenvalue weighted by Crippen LogP contribution is -2.17. The Kier molecular flexibility index (Phi) is 4.12. The third kappa shape index (κ3) is 2.84. The molecule has 0 radical (unpaired) electrons. The zero-order chi connectivity index (χ0) is 15.1. The van der Waals surface area contributed by atoms with E-state index in [1.54, 1.807) is 13.1 Å². The average molecular weight is 424 g/mol. The molecule has 1 aromatic carbocycles. The normalized spacial score (nSPS) is 11.6. The smallest absolute Gasteiger partial charge is 0.264 e. The Morgan fingerprint density at radius 2 is 1.95 bits per heavy atom. The van der Waals surface area contributed by atoms with Gasteiger partial charge in [0.2, 0.25) is 0 Å². The molecule has 0 aliphatic carbocycles. The van der Waals surface area contributed by atoms with Crippen molar-refractivity contribution in [2.24, 2.45) is 7.05 Å². The molecule has 0 saturated carbocycles. The number of anilines is 2. The highest BCUT2D eigenvalue weighted by Crippen LogP contribution is 2.30. The van der Waals surface area contributed by atoms with E-state index in [0.717, 1.165) is 5.56 Å². The van der Waals surface area contributed by atoms with Gasteiger partial charge in [0, 0.05) is 16.0 Å². The maximum Gasteiger partial charge on any atom is 0.264 e. The Bertz CT molecular complexity index is 751. The number of nitrogen functional groups attached to an aromatic ring is 1. The molecule has 0 unspecified atom stereocenters. The molecule has 1 heterocycles. The number of benzene rings is 1. The van der Waals surface area contributed by atoms with Crippen molar-refractivity contribution in [1.29, 1.82) is 0 Å². The number of nitrogens with one attached hydrogen (secondary N) is 1. The first-order chi connectivity index (χ1) is 9.22. The SMILES string of the molecule is Cc1cc(Br)c(S(=O)(=O)Nc2c(N)cnn2C)cc1Br. The molecule has 1 aromatic heterocycles. The molecule has 3 N–H and O–H groups in total. The van der Waals surface area contributed by atoms with Crippen LogP contribution in [-0.2, 0) is 17.1 Å². The second-order valence-corrected chi connectivity index (χ2v) is 7.57. The molecule has 0 saturated heterocycles. The molecule has 0 fully saturated rings. The number of hydrogen-bond acceptors (Lipinski definition) is 4. The van der Waals surface area contributed by atoms with E-state index in [1.165, 1.54) is 16.9 Å². The summed E-state index contributed by atoms with van der Waals surface area (Å²) in [6.07, 6.45) is 1.39. The van der Waals surface area contributed by atoms with E-state index >= 15 is 0 Å². The van der Waals surface area contributed by atoms with Crippen molar-refractivity contribution in [3.05, 3.63) is 32.8 Å². The number of rotatable bonds is 3. The predicted octanol–water partition coefficient (Wildman–Crippen LogP) is 2.64. The molecule has 2 aromatic rings. The first kappa shape index (κ1) is 15.3. The molecule has 0 aliphatic rings. The fourth-order valence-corrected chi connectivity index (χ4v) is 4.39. The molecular formula is C11H12Br2N4O2S. The minimum absolute atomic E-state index is 0.121. The molecule has 0 aliphatic heterocycles. The highest BCUT2D eigenvalue weighted by atomic mass is 79.9. The quantitative estimate of drug-likeness (QED) is 0.793. The average Bonchev–Trinajstić information content (AvgIpc) is 2.65. The van der Waals surface area contributed by atoms with Crippen LogP contribution in [0.25, 0.3) is 0 Å². The summed E-state index contributed by atoms with van der Waals surface area (Å²) in [5.41, 5.74) is 6.88. The summed E-state index contributed by atoms with van der Waals surface area (Å²) in [4.78, 5) is 0.121. The van der Waals surface area contributed by atoms with Crippen LogP contribution in [-0.4, -0.2) is 18.2 Å². The number of nitrogens with zero attached hydrogens (tertiary/aromatic N) is 2. The summed E-state index contributed by atoms with van der Waals surface area (Å²) >= 11 is 6.59. The number of nitrogens with two attached hydrogens (primary N) is 1. The summed E-state index contributed by atoms with van der Waals surface area (Å²) in [6.45, 7) is 1.87. The molecular weight excluding hydrogens is 412 g/mol. The Morgan fingerprint density at radius 3 is 2.50 bits per heavy atom. The summed E-state index contributed by atoms with van der Waals surface area (Å²) in [7, 11) is -2.16. The van der Waals surface area contributed by atoms with Gasteiger partial charge in [0.1, 0.15) is 4.90 Å². The van der Waals surface area contributed by atoms with Crippen molar-refractivity contribution in [3.63, 3.8) is 0 Å². The topological polar surface area (TPSA) is 90.0 Å². The Balaban J connectivity index is 2.49. The zero-order valence-corrected chi connectivity index (χ0v) is 14.7. The van der Waals surface area contributed by atoms with Gasteiger partial charge in [-0.1, -0.05) is 15.9 Å². The van der Waals surface area contributed by atoms with Crippen molar-refractivity contribution in [2.75, 3.05) is 10.5 Å². The van der Waals surface area contributed by atoms with E-state index in [4.69, 9.17) is 5.73 Å². The predicted molar refractivity (Wildman–Crippen MR) is 85.0 cm³/mol. The molecule has 0 atom stereocenters. The molecule has 0 spiro atoms. The minimum Gasteiger partial charge on any atom is -0.394 e. The second-order valence-electron chi connectivity index (χ2n) is 4.21. The largest absolute Gasteiger partial charge is 0.394 e. The van der Waals surface area contributed by atoms with Gasteiger partial charge >= 0.3 is 0 Å². The van der Waals surface area contributed by atoms with Gasteiger partial charge in [-0.25, -0.2) is 8.42 Å². The van der Waals surface area contributed by atoms with Crippen LogP contribution in [0.15, 0.2) is 32.2 Å². The van der Waals surface area contributed by atoms with Gasteiger partial charge < -0.3 is 5.73 Å². The van der Waals surface area contributed by atoms with Crippen LogP contribution in [0.1, 0.15) is 5.56 Å². The van der Waals surface area contributed by atoms with Crippen molar-refractivity contribution >= 4 is 53.4 Å². The van der Waals surface area contributed by atoms with E-state index in [2.05, 4.69) is 41.7 Å². The first-order valence-corrected chi connectivity index (χ1v) is 8.55. The van der Waals surface area contributed by atoms with Gasteiger partial charge in [-0.2, -0.15) is 5.10 Å². The van der Waals surface area contributed by atoms with Crippen LogP contribution in [0.2, 0.25) is 0 Å². The summed E-state index contributed by atoms with van der Waals surface area (Å²) < 4.78 is 29.8. The lowest BCUT2D eigenvalue weighted by molar-refractivity contribution is 0.599. The number of sulfonamides is 1. The highest BCUT2D eigenvalue weighted by Gasteiger charge is 2.21. The van der Waals surface area contributed by atoms with Crippen LogP contribution in [0, 0.1) is 6.92 Å². The van der Waals surface area contributed by atoms with Crippen molar-refractivity contribution in [1.82, 2.24) is 9.78 Å². The molecule has 6 nitrogen and oxygen atoms in total. The van der Waals surface area contributed by atoms with Gasteiger partial charge in [0.15, 0.2) is 5.82 Å². The second kappa shape index (κ2) is 5.38. The van der Waals surface area contributed by atoms with Crippen LogP contribution in [0.3, 0.4) is 0 Å². The summed E-state index contributed by atoms with van der Waals surface area (Å²) in [5.74, 6) is 0.230. The highest BCUT2D eigenvalue weighted by molar-refractivity contribution is 9.11. The Morgan fingerprint density at radius 1 is 1.30 bits per heavy atom. The van der Waals surface area contributed by atoms with Gasteiger partial charge in [-0.3, -0.25) is 9.40 Å². The van der Waals surface area contributed by atoms with Crippen LogP contribution in [0.4, 0.5) is 11.5 Å². The molecule has 0 bridgehead atoms. The van der Waals surface area contributed by atoms with E-state index < -0.39 is 10.0 Å². The fraction of sp³-hybridized carbons (Fsp3) is 0.182. The van der Waals surface area contributed by atoms with E-state index in [0.29, 0.717) is 8.95 Å². The number of aryl methyl sites for hydroxylation is 2. The fourth-order valence-electron chi connectivity index (χ4n) is 1.60. The van der Waals surface area contributed by atoms with E-state index in [9.17, 15) is 8.42 Å². The summed E-state index contributed by atoms with van der Waals surface area (Å²) in [5, 5.41) is 3.89. The van der Waals surface area contributed by atoms with Crippen LogP contribution in [0.5, 0.6) is 0 Å². The standard InChI is InChI=1S/C11H12Br2N4O2S/c1-6-3-8(13)10(4-7(6)12)20(18,19)16-11-9(14)5-15-17(11)2/h3-5,16H,14H2,1-2H3. The van der Waals surface area contributed by atoms with Crippen LogP contribution >= 0.6 is 31.9 Å². The third-order valence-electron chi connectivity index (χ3n) is 2.70. The first-order valence-electron chi connectivity index (χ1n) is 5.48. The van der Waals surface area contributed by atoms with Crippen molar-refractivity contribution in [2.45, 2.75) is 11.8 Å². The van der Waals surface area contributed by atoms with E-state index in [1.807, 2.05) is 6.92 Å². The lowest BCUT2D eigenvalue weighted by atomic mass is 10.2. The molecule has 2 rings (SSSR count). The van der Waals surface area contributed by atoms with Gasteiger partial charge in [-0.05, 0) is 40.5 Å². The summed E-state index contributed by atoms with van der Waals surface area (Å²) in [6, 6.07) is 3.26. The van der Waals surface area contributed by atoms with E-state index in [-0.39, 0.29) is 16.4 Å². The minimum atomic E-state index is -3.77. The number of halogens is 2. The maximum atomic E-state index is 12.4. The zero-order valence-electron chi connectivity index (χ0n) is 10.7. The monoisotopic (exact) mass is 422 g/mol. The van der Waals surface area contributed by atoms with Gasteiger partial charge in [-0.15, -0.1) is 0 Å². The maximum absolute atomic E-state index is 12.4. The van der Waals surface area contributed by atoms with Gasteiger partial charge in [0.05, 0.1) is 11.9 Å². The van der Waals surface area contributed by atoms with Crippen molar-refractivity contribution in [3.8, 4) is 0 Å². The third-order valence-corrected chi connectivity index (χ3v) is 5.85. The molecule has 108 valence electrons. The van der Waals surface area contributed by atoms with Crippen molar-refractivity contribution < 1.29 is 8.42 Å². The molecule has 0 amide bonds. The van der Waals surface area contributed by atoms with Crippen LogP contribution < -0.4 is 10.5 Å². The Hall–Kier alpha value is -1.06. The number of aromatic nitrogens is 2. The molecule has 20 heavy (non-hydrogen) atoms. The number of hydrogen-bond donors (Lipinski definition) is 2.